The van der Waals surface area contributed by atoms with Crippen molar-refractivity contribution in [3.05, 3.63) is 28.3 Å². The first kappa shape index (κ1) is 15.7. The van der Waals surface area contributed by atoms with Crippen molar-refractivity contribution in [3.8, 4) is 0 Å². The topological polar surface area (TPSA) is 115 Å². The van der Waals surface area contributed by atoms with Gasteiger partial charge in [0, 0.05) is 12.6 Å². The number of nitro groups is 1. The molecule has 0 unspecified atom stereocenters. The van der Waals surface area contributed by atoms with Gasteiger partial charge in [0.05, 0.1) is 9.82 Å². The molecule has 0 saturated carbocycles. The summed E-state index contributed by atoms with van der Waals surface area (Å²) in [6, 6.07) is 3.57. The molecular weight excluding hydrogens is 290 g/mol. The Hall–Kier alpha value is -1.32. The molecule has 0 aliphatic rings. The quantitative estimate of drug-likeness (QED) is 0.447. The maximum atomic E-state index is 11.2. The Bertz CT molecular complexity index is 560. The summed E-state index contributed by atoms with van der Waals surface area (Å²) in [4.78, 5) is 10.0. The highest BCUT2D eigenvalue weighted by atomic mass is 32.2. The summed E-state index contributed by atoms with van der Waals surface area (Å²) in [5.74, 6) is 0.941. The summed E-state index contributed by atoms with van der Waals surface area (Å²) in [5, 5.41) is 18.8. The molecule has 0 heterocycles. The highest BCUT2D eigenvalue weighted by Crippen LogP contribution is 2.27. The summed E-state index contributed by atoms with van der Waals surface area (Å²) in [7, 11) is -3.94. The minimum Gasteiger partial charge on any atom is -0.379 e. The Morgan fingerprint density at radius 3 is 2.68 bits per heavy atom. The molecule has 1 aromatic rings. The molecule has 1 rings (SSSR count). The van der Waals surface area contributed by atoms with E-state index in [1.165, 1.54) is 12.1 Å². The van der Waals surface area contributed by atoms with E-state index in [0.29, 0.717) is 12.2 Å². The van der Waals surface area contributed by atoms with Crippen LogP contribution in [-0.4, -0.2) is 31.9 Å². The zero-order chi connectivity index (χ0) is 14.5. The number of nitro benzene ring substituents is 1. The van der Waals surface area contributed by atoms with E-state index in [9.17, 15) is 18.5 Å². The Labute approximate surface area is 115 Å². The van der Waals surface area contributed by atoms with Gasteiger partial charge in [-0.05, 0) is 30.6 Å². The second-order valence-corrected chi connectivity index (χ2v) is 6.30. The number of nitrogens with one attached hydrogen (secondary N) is 1. The SMILES string of the molecule is CSCCCNc1ccc(S(N)(=O)=O)cc1[N+](=O)[O-]. The number of hydrogen-bond donors (Lipinski definition) is 2. The Kier molecular flexibility index (Phi) is 5.58. The largest absolute Gasteiger partial charge is 0.379 e. The van der Waals surface area contributed by atoms with Crippen molar-refractivity contribution in [3.63, 3.8) is 0 Å². The molecule has 0 aliphatic carbocycles. The van der Waals surface area contributed by atoms with Gasteiger partial charge < -0.3 is 5.32 Å². The third-order valence-corrected chi connectivity index (χ3v) is 3.94. The molecule has 0 bridgehead atoms. The van der Waals surface area contributed by atoms with Crippen LogP contribution in [0.4, 0.5) is 11.4 Å². The lowest BCUT2D eigenvalue weighted by Crippen LogP contribution is -2.13. The number of primary sulfonamides is 1. The van der Waals surface area contributed by atoms with Gasteiger partial charge in [0.2, 0.25) is 10.0 Å². The van der Waals surface area contributed by atoms with Crippen molar-refractivity contribution < 1.29 is 13.3 Å². The van der Waals surface area contributed by atoms with Crippen molar-refractivity contribution in [1.82, 2.24) is 0 Å². The highest BCUT2D eigenvalue weighted by Gasteiger charge is 2.18. The van der Waals surface area contributed by atoms with Gasteiger partial charge in [-0.15, -0.1) is 0 Å². The van der Waals surface area contributed by atoms with Crippen LogP contribution in [-0.2, 0) is 10.0 Å². The van der Waals surface area contributed by atoms with Crippen LogP contribution in [0.5, 0.6) is 0 Å². The smallest absolute Gasteiger partial charge is 0.293 e. The molecule has 1 aromatic carbocycles. The molecule has 106 valence electrons. The van der Waals surface area contributed by atoms with E-state index in [4.69, 9.17) is 5.14 Å². The monoisotopic (exact) mass is 305 g/mol. The highest BCUT2D eigenvalue weighted by molar-refractivity contribution is 7.98. The van der Waals surface area contributed by atoms with Gasteiger partial charge in [-0.2, -0.15) is 11.8 Å². The molecule has 0 spiro atoms. The Morgan fingerprint density at radius 2 is 2.16 bits per heavy atom. The van der Waals surface area contributed by atoms with Crippen LogP contribution in [0.1, 0.15) is 6.42 Å². The molecule has 0 atom stereocenters. The summed E-state index contributed by atoms with van der Waals surface area (Å²) >= 11 is 1.68. The average Bonchev–Trinajstić information content (AvgIpc) is 2.33. The van der Waals surface area contributed by atoms with Gasteiger partial charge >= 0.3 is 0 Å². The van der Waals surface area contributed by atoms with Crippen LogP contribution < -0.4 is 10.5 Å². The van der Waals surface area contributed by atoms with Gasteiger partial charge in [-0.25, -0.2) is 13.6 Å². The van der Waals surface area contributed by atoms with E-state index in [2.05, 4.69) is 5.32 Å². The normalized spacial score (nSPS) is 11.3. The van der Waals surface area contributed by atoms with Gasteiger partial charge in [0.25, 0.3) is 5.69 Å². The molecule has 3 N–H and O–H groups in total. The average molecular weight is 305 g/mol. The van der Waals surface area contributed by atoms with E-state index in [1.54, 1.807) is 11.8 Å². The summed E-state index contributed by atoms with van der Waals surface area (Å²) in [5.41, 5.74) is -0.00539. The molecular formula is C10H15N3O4S2. The van der Waals surface area contributed by atoms with Gasteiger partial charge in [-0.1, -0.05) is 0 Å². The van der Waals surface area contributed by atoms with Crippen LogP contribution in [0.2, 0.25) is 0 Å². The second-order valence-electron chi connectivity index (χ2n) is 3.75. The number of benzene rings is 1. The zero-order valence-electron chi connectivity index (χ0n) is 10.3. The number of thioether (sulfide) groups is 1. The maximum Gasteiger partial charge on any atom is 0.293 e. The second kappa shape index (κ2) is 6.73. The Morgan fingerprint density at radius 1 is 1.47 bits per heavy atom. The van der Waals surface area contributed by atoms with Gasteiger partial charge in [0.1, 0.15) is 5.69 Å². The maximum absolute atomic E-state index is 11.2. The lowest BCUT2D eigenvalue weighted by molar-refractivity contribution is -0.384. The summed E-state index contributed by atoms with van der Waals surface area (Å²) < 4.78 is 22.3. The van der Waals surface area contributed by atoms with E-state index in [-0.39, 0.29) is 10.6 Å². The van der Waals surface area contributed by atoms with Crippen LogP contribution in [0.3, 0.4) is 0 Å². The molecule has 0 amide bonds. The third-order valence-electron chi connectivity index (χ3n) is 2.34. The fraction of sp³-hybridized carbons (Fsp3) is 0.400. The predicted octanol–water partition coefficient (Wildman–Crippen LogP) is 1.41. The van der Waals surface area contributed by atoms with Gasteiger partial charge in [-0.3, -0.25) is 10.1 Å². The minimum atomic E-state index is -3.94. The van der Waals surface area contributed by atoms with E-state index in [0.717, 1.165) is 18.2 Å². The van der Waals surface area contributed by atoms with E-state index >= 15 is 0 Å². The minimum absolute atomic E-state index is 0.270. The molecule has 9 heteroatoms. The first-order valence-corrected chi connectivity index (χ1v) is 8.34. The van der Waals surface area contributed by atoms with Crippen molar-refractivity contribution in [2.75, 3.05) is 23.9 Å². The first-order valence-electron chi connectivity index (χ1n) is 5.40. The van der Waals surface area contributed by atoms with Crippen LogP contribution in [0.15, 0.2) is 23.1 Å². The number of rotatable bonds is 7. The first-order chi connectivity index (χ1) is 8.86. The van der Waals surface area contributed by atoms with Crippen LogP contribution >= 0.6 is 11.8 Å². The summed E-state index contributed by atoms with van der Waals surface area (Å²) in [6.07, 6.45) is 2.83. The molecule has 0 aliphatic heterocycles. The Balaban J connectivity index is 2.96. The fourth-order valence-electron chi connectivity index (χ4n) is 1.43. The van der Waals surface area contributed by atoms with Crippen molar-refractivity contribution >= 4 is 33.2 Å². The predicted molar refractivity (Wildman–Crippen MR) is 76.0 cm³/mol. The molecule has 0 aromatic heterocycles. The molecule has 0 fully saturated rings. The lowest BCUT2D eigenvalue weighted by Gasteiger charge is -2.07. The van der Waals surface area contributed by atoms with E-state index < -0.39 is 14.9 Å². The van der Waals surface area contributed by atoms with Crippen molar-refractivity contribution in [2.24, 2.45) is 5.14 Å². The van der Waals surface area contributed by atoms with Crippen LogP contribution in [0, 0.1) is 10.1 Å². The van der Waals surface area contributed by atoms with Crippen molar-refractivity contribution in [2.45, 2.75) is 11.3 Å². The number of sulfonamides is 1. The molecule has 0 radical (unpaired) electrons. The zero-order valence-corrected chi connectivity index (χ0v) is 12.0. The number of nitrogens with two attached hydrogens (primary N) is 1. The fourth-order valence-corrected chi connectivity index (χ4v) is 2.40. The van der Waals surface area contributed by atoms with Crippen molar-refractivity contribution in [1.29, 1.82) is 0 Å². The van der Waals surface area contributed by atoms with E-state index in [1.807, 2.05) is 6.26 Å². The molecule has 0 saturated heterocycles. The lowest BCUT2D eigenvalue weighted by atomic mass is 10.2. The number of nitrogens with zero attached hydrogens (tertiary/aromatic N) is 1. The van der Waals surface area contributed by atoms with Crippen LogP contribution in [0.25, 0.3) is 0 Å². The third kappa shape index (κ3) is 4.69. The standard InChI is InChI=1S/C10H15N3O4S2/c1-18-6-2-5-12-9-4-3-8(19(11,16)17)7-10(9)13(14)15/h3-4,7,12H,2,5-6H2,1H3,(H2,11,16,17). The number of hydrogen-bond acceptors (Lipinski definition) is 6. The molecule has 19 heavy (non-hydrogen) atoms. The number of anilines is 1. The van der Waals surface area contributed by atoms with Gasteiger partial charge in [0.15, 0.2) is 0 Å². The molecule has 7 nitrogen and oxygen atoms in total. The summed E-state index contributed by atoms with van der Waals surface area (Å²) in [6.45, 7) is 0.580.